The minimum atomic E-state index is -0.676. The number of amides is 2. The Morgan fingerprint density at radius 2 is 1.97 bits per heavy atom. The van der Waals surface area contributed by atoms with Crippen molar-refractivity contribution in [3.05, 3.63) is 59.9 Å². The molecule has 1 saturated heterocycles. The van der Waals surface area contributed by atoms with Gasteiger partial charge in [-0.15, -0.1) is 0 Å². The Morgan fingerprint density at radius 1 is 1.23 bits per heavy atom. The van der Waals surface area contributed by atoms with Crippen LogP contribution in [0.25, 0.3) is 0 Å². The van der Waals surface area contributed by atoms with E-state index in [1.54, 1.807) is 41.6 Å². The molecule has 2 heterocycles. The second-order valence-corrected chi connectivity index (χ2v) is 8.07. The predicted molar refractivity (Wildman–Crippen MR) is 116 cm³/mol. The number of piperidine rings is 1. The zero-order valence-corrected chi connectivity index (χ0v) is 18.0. The number of nitriles is 1. The van der Waals surface area contributed by atoms with Crippen LogP contribution in [0.3, 0.4) is 0 Å². The molecule has 31 heavy (non-hydrogen) atoms. The number of hydrogen-bond acceptors (Lipinski definition) is 5. The van der Waals surface area contributed by atoms with E-state index >= 15 is 0 Å². The zero-order valence-electron chi connectivity index (χ0n) is 18.0. The summed E-state index contributed by atoms with van der Waals surface area (Å²) >= 11 is 0. The summed E-state index contributed by atoms with van der Waals surface area (Å²) in [6, 6.07) is 12.8. The van der Waals surface area contributed by atoms with Crippen molar-refractivity contribution in [3.8, 4) is 11.8 Å². The van der Waals surface area contributed by atoms with Crippen LogP contribution in [0.2, 0.25) is 0 Å². The quantitative estimate of drug-likeness (QED) is 0.743. The largest absolute Gasteiger partial charge is 0.479 e. The van der Waals surface area contributed by atoms with Crippen molar-refractivity contribution < 1.29 is 14.3 Å². The monoisotopic (exact) mass is 420 g/mol. The van der Waals surface area contributed by atoms with E-state index in [1.807, 2.05) is 26.0 Å². The van der Waals surface area contributed by atoms with E-state index in [-0.39, 0.29) is 23.7 Å². The lowest BCUT2D eigenvalue weighted by Crippen LogP contribution is -2.49. The summed E-state index contributed by atoms with van der Waals surface area (Å²) in [4.78, 5) is 31.5. The van der Waals surface area contributed by atoms with Crippen LogP contribution in [0.4, 0.5) is 0 Å². The van der Waals surface area contributed by atoms with Gasteiger partial charge in [-0.05, 0) is 42.5 Å². The van der Waals surface area contributed by atoms with Crippen molar-refractivity contribution in [2.45, 2.75) is 39.3 Å². The first-order valence-electron chi connectivity index (χ1n) is 10.6. The first kappa shape index (κ1) is 22.3. The summed E-state index contributed by atoms with van der Waals surface area (Å²) in [6.07, 6.45) is 3.99. The Labute approximate surface area is 183 Å². The van der Waals surface area contributed by atoms with Crippen LogP contribution in [-0.2, 0) is 16.1 Å². The molecule has 1 fully saturated rings. The Morgan fingerprint density at radius 3 is 2.61 bits per heavy atom. The van der Waals surface area contributed by atoms with Crippen molar-refractivity contribution >= 4 is 11.8 Å². The third-order valence-electron chi connectivity index (χ3n) is 5.48. The van der Waals surface area contributed by atoms with Crippen LogP contribution in [0, 0.1) is 23.2 Å². The van der Waals surface area contributed by atoms with E-state index in [2.05, 4.69) is 16.4 Å². The fourth-order valence-corrected chi connectivity index (χ4v) is 3.65. The highest BCUT2D eigenvalue weighted by atomic mass is 16.5. The molecule has 3 rings (SSSR count). The maximum atomic E-state index is 13.1. The topological polar surface area (TPSA) is 95.3 Å². The third-order valence-corrected chi connectivity index (χ3v) is 5.48. The minimum Gasteiger partial charge on any atom is -0.479 e. The van der Waals surface area contributed by atoms with Gasteiger partial charge in [0.05, 0.1) is 5.56 Å². The molecule has 1 aromatic carbocycles. The van der Waals surface area contributed by atoms with Crippen molar-refractivity contribution in [2.75, 3.05) is 13.1 Å². The predicted octanol–water partition coefficient (Wildman–Crippen LogP) is 2.91. The number of aromatic nitrogens is 1. The average molecular weight is 421 g/mol. The summed E-state index contributed by atoms with van der Waals surface area (Å²) in [7, 11) is 0. The van der Waals surface area contributed by atoms with Gasteiger partial charge in [0.25, 0.3) is 5.91 Å². The van der Waals surface area contributed by atoms with Crippen molar-refractivity contribution in [2.24, 2.45) is 11.8 Å². The molecule has 0 bridgehead atoms. The highest BCUT2D eigenvalue weighted by Crippen LogP contribution is 2.24. The number of hydrogen-bond donors (Lipinski definition) is 1. The summed E-state index contributed by atoms with van der Waals surface area (Å²) in [5.74, 6) is 0.160. The molecule has 1 atom stereocenters. The molecule has 7 nitrogen and oxygen atoms in total. The van der Waals surface area contributed by atoms with E-state index in [0.717, 1.165) is 5.56 Å². The maximum absolute atomic E-state index is 13.1. The van der Waals surface area contributed by atoms with Crippen LogP contribution in [-0.4, -0.2) is 40.9 Å². The number of pyridine rings is 1. The zero-order chi connectivity index (χ0) is 22.2. The van der Waals surface area contributed by atoms with Crippen LogP contribution in [0.5, 0.6) is 5.75 Å². The molecular weight excluding hydrogens is 392 g/mol. The van der Waals surface area contributed by atoms with Gasteiger partial charge in [0, 0.05) is 37.9 Å². The second-order valence-electron chi connectivity index (χ2n) is 8.07. The van der Waals surface area contributed by atoms with Gasteiger partial charge in [-0.25, -0.2) is 0 Å². The number of rotatable bonds is 7. The summed E-state index contributed by atoms with van der Waals surface area (Å²) in [5, 5.41) is 12.2. The van der Waals surface area contributed by atoms with Gasteiger partial charge in [0.1, 0.15) is 11.8 Å². The molecule has 2 aromatic rings. The van der Waals surface area contributed by atoms with E-state index in [9.17, 15) is 14.9 Å². The Kier molecular flexibility index (Phi) is 7.60. The van der Waals surface area contributed by atoms with Gasteiger partial charge in [0.2, 0.25) is 5.91 Å². The molecular formula is C24H28N4O3. The van der Waals surface area contributed by atoms with Crippen LogP contribution in [0.15, 0.2) is 48.8 Å². The second kappa shape index (κ2) is 10.6. The Hall–Kier alpha value is -3.40. The SMILES string of the molecule is CC(C)C(Oc1ccccc1C#N)C(=O)N1CCC(C(=O)NCc2cccnc2)CC1. The van der Waals surface area contributed by atoms with Crippen molar-refractivity contribution in [1.82, 2.24) is 15.2 Å². The van der Waals surface area contributed by atoms with E-state index in [1.165, 1.54) is 0 Å². The summed E-state index contributed by atoms with van der Waals surface area (Å²) in [5.41, 5.74) is 1.36. The lowest BCUT2D eigenvalue weighted by molar-refractivity contribution is -0.143. The van der Waals surface area contributed by atoms with Crippen LogP contribution >= 0.6 is 0 Å². The van der Waals surface area contributed by atoms with Gasteiger partial charge in [-0.1, -0.05) is 32.0 Å². The van der Waals surface area contributed by atoms with Crippen molar-refractivity contribution in [3.63, 3.8) is 0 Å². The molecule has 162 valence electrons. The number of ether oxygens (including phenoxy) is 1. The maximum Gasteiger partial charge on any atom is 0.263 e. The lowest BCUT2D eigenvalue weighted by Gasteiger charge is -2.34. The Bertz CT molecular complexity index is 931. The number of likely N-dealkylation sites (tertiary alicyclic amines) is 1. The lowest BCUT2D eigenvalue weighted by atomic mass is 9.94. The molecule has 1 aromatic heterocycles. The molecule has 0 radical (unpaired) electrons. The standard InChI is InChI=1S/C24H28N4O3/c1-17(2)22(31-21-8-4-3-7-20(21)14-25)24(30)28-12-9-19(10-13-28)23(29)27-16-18-6-5-11-26-15-18/h3-8,11,15,17,19,22H,9-10,12-13,16H2,1-2H3,(H,27,29). The number of nitrogens with zero attached hydrogens (tertiary/aromatic N) is 3. The average Bonchev–Trinajstić information content (AvgIpc) is 2.81. The molecule has 7 heteroatoms. The van der Waals surface area contributed by atoms with E-state index in [4.69, 9.17) is 4.74 Å². The highest BCUT2D eigenvalue weighted by Gasteiger charge is 2.33. The smallest absolute Gasteiger partial charge is 0.263 e. The van der Waals surface area contributed by atoms with E-state index in [0.29, 0.717) is 43.8 Å². The molecule has 2 amide bonds. The molecule has 0 saturated carbocycles. The van der Waals surface area contributed by atoms with Gasteiger partial charge in [-0.3, -0.25) is 14.6 Å². The molecule has 1 unspecified atom stereocenters. The Balaban J connectivity index is 1.55. The van der Waals surface area contributed by atoms with Gasteiger partial charge in [0.15, 0.2) is 6.10 Å². The van der Waals surface area contributed by atoms with Crippen LogP contribution < -0.4 is 10.1 Å². The fourth-order valence-electron chi connectivity index (χ4n) is 3.65. The normalized spacial score (nSPS) is 15.2. The number of carbonyl (C=O) groups excluding carboxylic acids is 2. The minimum absolute atomic E-state index is 0.00978. The molecule has 1 aliphatic heterocycles. The summed E-state index contributed by atoms with van der Waals surface area (Å²) in [6.45, 7) is 5.33. The number of para-hydroxylation sites is 1. The highest BCUT2D eigenvalue weighted by molar-refractivity contribution is 5.83. The summed E-state index contributed by atoms with van der Waals surface area (Å²) < 4.78 is 5.98. The van der Waals surface area contributed by atoms with E-state index < -0.39 is 6.10 Å². The van der Waals surface area contributed by atoms with Gasteiger partial charge >= 0.3 is 0 Å². The van der Waals surface area contributed by atoms with Crippen molar-refractivity contribution in [1.29, 1.82) is 5.26 Å². The first-order chi connectivity index (χ1) is 15.0. The number of benzene rings is 1. The number of carbonyl (C=O) groups is 2. The number of nitrogens with one attached hydrogen (secondary N) is 1. The van der Waals surface area contributed by atoms with Gasteiger partial charge in [-0.2, -0.15) is 5.26 Å². The third kappa shape index (κ3) is 5.82. The molecule has 1 N–H and O–H groups in total. The first-order valence-corrected chi connectivity index (χ1v) is 10.6. The fraction of sp³-hybridized carbons (Fsp3) is 0.417. The van der Waals surface area contributed by atoms with Gasteiger partial charge < -0.3 is 15.0 Å². The molecule has 0 spiro atoms. The van der Waals surface area contributed by atoms with Crippen LogP contribution in [0.1, 0.15) is 37.8 Å². The molecule has 0 aliphatic carbocycles. The molecule has 1 aliphatic rings.